The van der Waals surface area contributed by atoms with Crippen molar-refractivity contribution in [1.29, 1.82) is 0 Å². The van der Waals surface area contributed by atoms with Gasteiger partial charge in [0.15, 0.2) is 11.7 Å². The Hall–Kier alpha value is -3.92. The van der Waals surface area contributed by atoms with Crippen molar-refractivity contribution in [2.75, 3.05) is 54.4 Å². The Balaban J connectivity index is 0.000000491. The van der Waals surface area contributed by atoms with Crippen molar-refractivity contribution < 1.29 is 69.0 Å². The molecule has 4 fully saturated rings. The number of carboxylic acid groups (broad SMARTS) is 3. The number of carboxylic acids is 3. The Morgan fingerprint density at radius 2 is 0.908 bits per heavy atom. The SMILES string of the molecule is CCCCCCCCCCCC(=O)O.CCCCCCCCCCCC(=O)[O-].C[N+]1(C)CCC(O)C1.C[N+]1(C)CCC(OC(=O)C(O)(c2ccccc2)C2CCCC2)C1.O.O=C([O-])C(O)(c1ccccc1)C1CCCC1. The normalized spacial score (nSPS) is 20.0. The average Bonchev–Trinajstić information content (AvgIpc) is 4.23. The molecular formula is C62H106N2O12. The van der Waals surface area contributed by atoms with Crippen LogP contribution in [0.5, 0.6) is 0 Å². The largest absolute Gasteiger partial charge is 0.550 e. The summed E-state index contributed by atoms with van der Waals surface area (Å²) < 4.78 is 7.63. The van der Waals surface area contributed by atoms with Crippen molar-refractivity contribution in [1.82, 2.24) is 0 Å². The number of nitrogens with zero attached hydrogens (tertiary/aromatic N) is 2. The topological polar surface area (TPSA) is 236 Å². The third-order valence-electron chi connectivity index (χ3n) is 15.7. The van der Waals surface area contributed by atoms with Crippen LogP contribution < -0.4 is 10.2 Å². The molecule has 0 spiro atoms. The fraction of sp³-hybridized carbons (Fsp3) is 0.742. The van der Waals surface area contributed by atoms with Crippen molar-refractivity contribution in [2.24, 2.45) is 11.8 Å². The van der Waals surface area contributed by atoms with Crippen LogP contribution in [0.3, 0.4) is 0 Å². The van der Waals surface area contributed by atoms with E-state index in [1.807, 2.05) is 30.3 Å². The summed E-state index contributed by atoms with van der Waals surface area (Å²) in [5, 5.41) is 60.6. The summed E-state index contributed by atoms with van der Waals surface area (Å²) in [6, 6.07) is 17.9. The molecule has 2 heterocycles. The Kier molecular flexibility index (Phi) is 35.6. The zero-order valence-corrected chi connectivity index (χ0v) is 48.2. The first-order valence-corrected chi connectivity index (χ1v) is 29.4. The van der Waals surface area contributed by atoms with E-state index in [1.54, 1.807) is 30.3 Å². The lowest BCUT2D eigenvalue weighted by Gasteiger charge is -2.35. The molecule has 2 aromatic rings. The summed E-state index contributed by atoms with van der Waals surface area (Å²) in [6.07, 6.45) is 31.7. The first-order chi connectivity index (χ1) is 35.7. The van der Waals surface area contributed by atoms with Crippen molar-refractivity contribution in [3.8, 4) is 0 Å². The van der Waals surface area contributed by atoms with Gasteiger partial charge in [0.2, 0.25) is 0 Å². The number of ether oxygens (including phenoxy) is 1. The highest BCUT2D eigenvalue weighted by molar-refractivity contribution is 5.82. The van der Waals surface area contributed by atoms with Crippen molar-refractivity contribution in [3.05, 3.63) is 71.8 Å². The van der Waals surface area contributed by atoms with Gasteiger partial charge in [0.1, 0.15) is 24.8 Å². The number of likely N-dealkylation sites (tertiary alicyclic amines) is 2. The van der Waals surface area contributed by atoms with Gasteiger partial charge < -0.3 is 59.4 Å². The van der Waals surface area contributed by atoms with Gasteiger partial charge in [-0.2, -0.15) is 0 Å². The van der Waals surface area contributed by atoms with Crippen LogP contribution in [0.1, 0.15) is 218 Å². The summed E-state index contributed by atoms with van der Waals surface area (Å²) in [5.74, 6) is -3.67. The van der Waals surface area contributed by atoms with E-state index in [0.29, 0.717) is 17.5 Å². The molecule has 0 amide bonds. The molecule has 0 bridgehead atoms. The highest BCUT2D eigenvalue weighted by atomic mass is 16.6. The monoisotopic (exact) mass is 1070 g/mol. The molecule has 14 heteroatoms. The summed E-state index contributed by atoms with van der Waals surface area (Å²) in [7, 11) is 8.59. The maximum Gasteiger partial charge on any atom is 0.343 e. The molecule has 4 unspecified atom stereocenters. The predicted octanol–water partition coefficient (Wildman–Crippen LogP) is 8.92. The van der Waals surface area contributed by atoms with Gasteiger partial charge in [-0.25, -0.2) is 4.79 Å². The van der Waals surface area contributed by atoms with Crippen LogP contribution in [0, 0.1) is 11.8 Å². The smallest absolute Gasteiger partial charge is 0.343 e. The number of aliphatic hydroxyl groups excluding tert-OH is 1. The number of aliphatic hydroxyl groups is 3. The van der Waals surface area contributed by atoms with Crippen molar-refractivity contribution in [2.45, 2.75) is 230 Å². The number of hydrogen-bond donors (Lipinski definition) is 4. The lowest BCUT2D eigenvalue weighted by molar-refractivity contribution is -0.879. The van der Waals surface area contributed by atoms with Crippen molar-refractivity contribution >= 4 is 23.9 Å². The Labute approximate surface area is 459 Å². The molecule has 14 nitrogen and oxygen atoms in total. The quantitative estimate of drug-likeness (QED) is 0.0374. The number of esters is 1. The highest BCUT2D eigenvalue weighted by Crippen LogP contribution is 2.42. The molecular weight excluding hydrogens is 965 g/mol. The van der Waals surface area contributed by atoms with Crippen LogP contribution in [-0.2, 0) is 35.1 Å². The van der Waals surface area contributed by atoms with Gasteiger partial charge in [-0.3, -0.25) is 4.79 Å². The number of rotatable bonds is 27. The van der Waals surface area contributed by atoms with E-state index < -0.39 is 35.1 Å². The van der Waals surface area contributed by atoms with E-state index in [2.05, 4.69) is 42.0 Å². The van der Waals surface area contributed by atoms with Gasteiger partial charge in [0.05, 0.1) is 47.2 Å². The maximum atomic E-state index is 12.9. The van der Waals surface area contributed by atoms with Gasteiger partial charge in [-0.05, 0) is 62.0 Å². The summed E-state index contributed by atoms with van der Waals surface area (Å²) in [5.41, 5.74) is -2.22. The van der Waals surface area contributed by atoms with Crippen LogP contribution in [0.4, 0.5) is 0 Å². The lowest BCUT2D eigenvalue weighted by atomic mass is 9.80. The van der Waals surface area contributed by atoms with Crippen LogP contribution in [0.2, 0.25) is 0 Å². The minimum Gasteiger partial charge on any atom is -0.550 e. The second kappa shape index (κ2) is 38.6. The van der Waals surface area contributed by atoms with E-state index in [1.165, 1.54) is 89.9 Å². The minimum absolute atomic E-state index is 0. The molecule has 4 atom stereocenters. The summed E-state index contributed by atoms with van der Waals surface area (Å²) in [4.78, 5) is 44.5. The number of aliphatic carboxylic acids is 3. The molecule has 0 radical (unpaired) electrons. The number of carbonyl (C=O) groups is 4. The van der Waals surface area contributed by atoms with Crippen LogP contribution in [0.15, 0.2) is 60.7 Å². The molecule has 436 valence electrons. The number of quaternary nitrogens is 2. The Morgan fingerprint density at radius 3 is 1.24 bits per heavy atom. The second-order valence-electron chi connectivity index (χ2n) is 23.4. The van der Waals surface area contributed by atoms with Crippen molar-refractivity contribution in [3.63, 3.8) is 0 Å². The molecule has 2 aliphatic heterocycles. The standard InChI is InChI=1S/C19H28NO3.C13H16O3.2C12H24O2.C6H14NO.H2O/c1-20(2)13-12-17(14-20)23-18(21)19(22,16-10-6-7-11-16)15-8-4-3-5-9-15;14-12(15)13(16,11-8-4-5-9-11)10-6-2-1-3-7-10;2*1-2-3-4-5-6-7-8-9-10-11-12(13)14;1-7(2)4-3-6(8)5-7;/h3-5,8-9,16-17,22H,6-7,10-14H2,1-2H3;1-3,6-7,11,16H,4-5,8-9H2,(H,14,15);2*2-11H2,1H3,(H,13,14);6,8H,3-5H2,1-2H3;1H2/q+1;;;;+1;/p-2. The Bertz CT molecular complexity index is 1800. The number of benzene rings is 2. The first kappa shape index (κ1) is 70.1. The van der Waals surface area contributed by atoms with Gasteiger partial charge in [-0.1, -0.05) is 203 Å². The molecule has 2 saturated heterocycles. The van der Waals surface area contributed by atoms with Crippen LogP contribution >= 0.6 is 0 Å². The summed E-state index contributed by atoms with van der Waals surface area (Å²) >= 11 is 0. The van der Waals surface area contributed by atoms with Gasteiger partial charge in [-0.15, -0.1) is 0 Å². The zero-order chi connectivity index (χ0) is 55.6. The third kappa shape index (κ3) is 27.6. The number of likely N-dealkylation sites (N-methyl/N-ethyl adjacent to an activating group) is 2. The Morgan fingerprint density at radius 1 is 0.539 bits per heavy atom. The maximum absolute atomic E-state index is 12.9. The van der Waals surface area contributed by atoms with Gasteiger partial charge >= 0.3 is 11.9 Å². The van der Waals surface area contributed by atoms with E-state index in [9.17, 15) is 39.6 Å². The van der Waals surface area contributed by atoms with Gasteiger partial charge in [0.25, 0.3) is 0 Å². The fourth-order valence-corrected chi connectivity index (χ4v) is 11.1. The number of unbranched alkanes of at least 4 members (excludes halogenated alkanes) is 16. The molecule has 0 aromatic heterocycles. The third-order valence-corrected chi connectivity index (χ3v) is 15.7. The molecule has 6 N–H and O–H groups in total. The van der Waals surface area contributed by atoms with E-state index >= 15 is 0 Å². The average molecular weight is 1070 g/mol. The summed E-state index contributed by atoms with van der Waals surface area (Å²) in [6.45, 7) is 8.33. The van der Waals surface area contributed by atoms with E-state index in [4.69, 9.17) is 14.9 Å². The fourth-order valence-electron chi connectivity index (χ4n) is 11.1. The van der Waals surface area contributed by atoms with E-state index in [0.717, 1.165) is 125 Å². The molecule has 2 aliphatic carbocycles. The van der Waals surface area contributed by atoms with Crippen LogP contribution in [-0.4, -0.2) is 125 Å². The molecule has 2 saturated carbocycles. The first-order valence-electron chi connectivity index (χ1n) is 29.4. The van der Waals surface area contributed by atoms with E-state index in [-0.39, 0.29) is 35.9 Å². The lowest BCUT2D eigenvalue weighted by Crippen LogP contribution is -2.50. The molecule has 4 aliphatic rings. The number of carbonyl (C=O) groups excluding carboxylic acids is 3. The van der Waals surface area contributed by atoms with Gasteiger partial charge in [0, 0.05) is 31.1 Å². The van der Waals surface area contributed by atoms with Crippen LogP contribution in [0.25, 0.3) is 0 Å². The molecule has 76 heavy (non-hydrogen) atoms. The zero-order valence-electron chi connectivity index (χ0n) is 48.2. The molecule has 6 rings (SSSR count). The second-order valence-corrected chi connectivity index (χ2v) is 23.4. The predicted molar refractivity (Wildman–Crippen MR) is 298 cm³/mol. The number of hydrogen-bond acceptors (Lipinski definition) is 10. The minimum atomic E-state index is -1.82. The highest BCUT2D eigenvalue weighted by Gasteiger charge is 2.49. The molecule has 2 aromatic carbocycles.